The molecular weight excluding hydrogens is 152 g/mol. The van der Waals surface area contributed by atoms with Crippen molar-refractivity contribution in [2.45, 2.75) is 44.3 Å². The molecule has 2 aliphatic rings. The molecule has 66 valence electrons. The molecular formula is C10H14O2. The van der Waals surface area contributed by atoms with Crippen LogP contribution >= 0.6 is 0 Å². The molecule has 1 aliphatic heterocycles. The predicted molar refractivity (Wildman–Crippen MR) is 45.9 cm³/mol. The van der Waals surface area contributed by atoms with E-state index in [2.05, 4.69) is 19.1 Å². The number of ether oxygens (including phenoxy) is 1. The molecule has 2 nitrogen and oxygen atoms in total. The largest absolute Gasteiger partial charge is 0.357 e. The van der Waals surface area contributed by atoms with Gasteiger partial charge >= 0.3 is 0 Å². The Hall–Kier alpha value is -0.630. The first-order valence-electron chi connectivity index (χ1n) is 4.65. The van der Waals surface area contributed by atoms with Crippen LogP contribution < -0.4 is 0 Å². The number of carbonyl (C=O) groups excluding carboxylic acids is 1. The second-order valence-electron chi connectivity index (χ2n) is 3.54. The van der Waals surface area contributed by atoms with Crippen molar-refractivity contribution in [3.63, 3.8) is 0 Å². The standard InChI is InChI=1S/C10H14O2/c1-2-3-4-7-10-8(11)5-6-9(10)12-10/h3-4,9H,2,5-7H2,1H3/b4-3-/t9-,10+/m0/s1. The lowest BCUT2D eigenvalue weighted by Crippen LogP contribution is -2.20. The minimum atomic E-state index is -0.355. The molecule has 0 N–H and O–H groups in total. The fourth-order valence-corrected chi connectivity index (χ4v) is 1.95. The Morgan fingerprint density at radius 2 is 2.50 bits per heavy atom. The summed E-state index contributed by atoms with van der Waals surface area (Å²) in [6.45, 7) is 2.09. The number of epoxide rings is 1. The van der Waals surface area contributed by atoms with Gasteiger partial charge in [0.2, 0.25) is 0 Å². The Morgan fingerprint density at radius 3 is 3.00 bits per heavy atom. The van der Waals surface area contributed by atoms with E-state index in [0.717, 1.165) is 25.7 Å². The zero-order chi connectivity index (χ0) is 8.60. The maximum Gasteiger partial charge on any atom is 0.167 e. The fourth-order valence-electron chi connectivity index (χ4n) is 1.95. The van der Waals surface area contributed by atoms with Gasteiger partial charge in [0.05, 0.1) is 6.10 Å². The highest BCUT2D eigenvalue weighted by Gasteiger charge is 2.64. The Morgan fingerprint density at radius 1 is 1.67 bits per heavy atom. The zero-order valence-electron chi connectivity index (χ0n) is 7.38. The van der Waals surface area contributed by atoms with E-state index in [9.17, 15) is 4.79 Å². The van der Waals surface area contributed by atoms with Crippen molar-refractivity contribution in [2.24, 2.45) is 0 Å². The van der Waals surface area contributed by atoms with E-state index < -0.39 is 0 Å². The highest BCUT2D eigenvalue weighted by Crippen LogP contribution is 2.49. The Labute approximate surface area is 72.6 Å². The van der Waals surface area contributed by atoms with E-state index in [4.69, 9.17) is 4.74 Å². The number of rotatable bonds is 3. The summed E-state index contributed by atoms with van der Waals surface area (Å²) in [6, 6.07) is 0. The summed E-state index contributed by atoms with van der Waals surface area (Å²) in [5, 5.41) is 0. The third-order valence-corrected chi connectivity index (χ3v) is 2.74. The lowest BCUT2D eigenvalue weighted by atomic mass is 10.0. The van der Waals surface area contributed by atoms with E-state index >= 15 is 0 Å². The first kappa shape index (κ1) is 7.99. The van der Waals surface area contributed by atoms with Crippen molar-refractivity contribution < 1.29 is 9.53 Å². The monoisotopic (exact) mass is 166 g/mol. The summed E-state index contributed by atoms with van der Waals surface area (Å²) in [5.74, 6) is 0.313. The van der Waals surface area contributed by atoms with Gasteiger partial charge in [0.25, 0.3) is 0 Å². The normalized spacial score (nSPS) is 39.1. The molecule has 0 aromatic carbocycles. The molecule has 12 heavy (non-hydrogen) atoms. The third-order valence-electron chi connectivity index (χ3n) is 2.74. The Bertz CT molecular complexity index is 232. The van der Waals surface area contributed by atoms with Crippen LogP contribution in [0.4, 0.5) is 0 Å². The van der Waals surface area contributed by atoms with Crippen LogP contribution in [0.2, 0.25) is 0 Å². The predicted octanol–water partition coefficient (Wildman–Crippen LogP) is 1.84. The molecule has 0 aromatic heterocycles. The van der Waals surface area contributed by atoms with Gasteiger partial charge in [-0.1, -0.05) is 19.1 Å². The van der Waals surface area contributed by atoms with Gasteiger partial charge in [-0.25, -0.2) is 0 Å². The summed E-state index contributed by atoms with van der Waals surface area (Å²) in [7, 11) is 0. The van der Waals surface area contributed by atoms with E-state index in [1.165, 1.54) is 0 Å². The highest BCUT2D eigenvalue weighted by atomic mass is 16.6. The molecule has 0 bridgehead atoms. The van der Waals surface area contributed by atoms with E-state index in [1.54, 1.807) is 0 Å². The van der Waals surface area contributed by atoms with Crippen LogP contribution in [0.1, 0.15) is 32.6 Å². The van der Waals surface area contributed by atoms with E-state index in [1.807, 2.05) is 0 Å². The maximum absolute atomic E-state index is 11.4. The van der Waals surface area contributed by atoms with Gasteiger partial charge in [-0.05, 0) is 12.8 Å². The van der Waals surface area contributed by atoms with Gasteiger partial charge < -0.3 is 4.74 Å². The number of ketones is 1. The minimum Gasteiger partial charge on any atom is -0.357 e. The first-order valence-corrected chi connectivity index (χ1v) is 4.65. The topological polar surface area (TPSA) is 29.6 Å². The van der Waals surface area contributed by atoms with Crippen LogP contribution in [-0.4, -0.2) is 17.5 Å². The van der Waals surface area contributed by atoms with Crippen molar-refractivity contribution in [1.82, 2.24) is 0 Å². The molecule has 0 radical (unpaired) electrons. The molecule has 0 aromatic rings. The Kier molecular flexibility index (Phi) is 1.80. The van der Waals surface area contributed by atoms with Crippen LogP contribution in [0.3, 0.4) is 0 Å². The van der Waals surface area contributed by atoms with Crippen LogP contribution in [0.5, 0.6) is 0 Å². The van der Waals surface area contributed by atoms with Gasteiger partial charge in [-0.2, -0.15) is 0 Å². The average Bonchev–Trinajstić information content (AvgIpc) is 2.70. The van der Waals surface area contributed by atoms with Crippen molar-refractivity contribution >= 4 is 5.78 Å². The number of hydrogen-bond acceptors (Lipinski definition) is 2. The number of hydrogen-bond donors (Lipinski definition) is 0. The summed E-state index contributed by atoms with van der Waals surface area (Å²) in [6.07, 6.45) is 7.93. The molecule has 2 heteroatoms. The van der Waals surface area contributed by atoms with Crippen molar-refractivity contribution in [2.75, 3.05) is 0 Å². The SMILES string of the molecule is CC/C=C\C[C@]12O[C@H]1CCC2=O. The van der Waals surface area contributed by atoms with Gasteiger partial charge in [0.15, 0.2) is 11.4 Å². The summed E-state index contributed by atoms with van der Waals surface area (Å²) < 4.78 is 5.40. The molecule has 0 unspecified atom stereocenters. The summed E-state index contributed by atoms with van der Waals surface area (Å²) >= 11 is 0. The van der Waals surface area contributed by atoms with Gasteiger partial charge in [0.1, 0.15) is 0 Å². The third kappa shape index (κ3) is 1.02. The van der Waals surface area contributed by atoms with Crippen LogP contribution in [0.15, 0.2) is 12.2 Å². The van der Waals surface area contributed by atoms with Crippen molar-refractivity contribution in [3.8, 4) is 0 Å². The maximum atomic E-state index is 11.4. The van der Waals surface area contributed by atoms with Gasteiger partial charge in [0, 0.05) is 12.8 Å². The van der Waals surface area contributed by atoms with Crippen LogP contribution in [-0.2, 0) is 9.53 Å². The van der Waals surface area contributed by atoms with Gasteiger partial charge in [-0.3, -0.25) is 4.79 Å². The summed E-state index contributed by atoms with van der Waals surface area (Å²) in [4.78, 5) is 11.4. The number of fused-ring (bicyclic) bond motifs is 1. The van der Waals surface area contributed by atoms with E-state index in [0.29, 0.717) is 5.78 Å². The molecule has 0 amide bonds. The zero-order valence-corrected chi connectivity index (χ0v) is 7.38. The number of carbonyl (C=O) groups is 1. The minimum absolute atomic E-state index is 0.256. The van der Waals surface area contributed by atoms with Gasteiger partial charge in [-0.15, -0.1) is 0 Å². The van der Waals surface area contributed by atoms with Crippen LogP contribution in [0, 0.1) is 0 Å². The molecule has 1 aliphatic carbocycles. The molecule has 1 saturated heterocycles. The lowest BCUT2D eigenvalue weighted by Gasteiger charge is -2.01. The van der Waals surface area contributed by atoms with E-state index in [-0.39, 0.29) is 11.7 Å². The average molecular weight is 166 g/mol. The molecule has 2 atom stereocenters. The molecule has 1 saturated carbocycles. The molecule has 2 rings (SSSR count). The van der Waals surface area contributed by atoms with Crippen LogP contribution in [0.25, 0.3) is 0 Å². The molecule has 0 spiro atoms. The molecule has 2 fully saturated rings. The smallest absolute Gasteiger partial charge is 0.167 e. The quantitative estimate of drug-likeness (QED) is 0.473. The van der Waals surface area contributed by atoms with Crippen molar-refractivity contribution in [3.05, 3.63) is 12.2 Å². The summed E-state index contributed by atoms with van der Waals surface area (Å²) in [5.41, 5.74) is -0.355. The Balaban J connectivity index is 1.96. The number of allylic oxidation sites excluding steroid dienone is 1. The van der Waals surface area contributed by atoms with Crippen molar-refractivity contribution in [1.29, 1.82) is 0 Å². The second-order valence-corrected chi connectivity index (χ2v) is 3.54. The second kappa shape index (κ2) is 2.70. The highest BCUT2D eigenvalue weighted by molar-refractivity contribution is 5.93. The number of Topliss-reactive ketones (excluding diaryl/α,β-unsaturated/α-hetero) is 1. The fraction of sp³-hybridized carbons (Fsp3) is 0.700. The lowest BCUT2D eigenvalue weighted by molar-refractivity contribution is -0.123. The first-order chi connectivity index (χ1) is 5.79. The molecule has 1 heterocycles.